The van der Waals surface area contributed by atoms with E-state index in [-0.39, 0.29) is 16.8 Å². The molecular weight excluding hydrogens is 264 g/mol. The van der Waals surface area contributed by atoms with Gasteiger partial charge >= 0.3 is 0 Å². The van der Waals surface area contributed by atoms with Crippen LogP contribution in [0.5, 0.6) is 0 Å². The fourth-order valence-corrected chi connectivity index (χ4v) is 1.96. The molecule has 0 aromatic heterocycles. The van der Waals surface area contributed by atoms with Gasteiger partial charge in [-0.25, -0.2) is 13.6 Å². The lowest BCUT2D eigenvalue weighted by molar-refractivity contribution is -0.129. The predicted molar refractivity (Wildman–Crippen MR) is 73.8 cm³/mol. The number of nitrogens with two attached hydrogens (primary N) is 1. The van der Waals surface area contributed by atoms with Crippen molar-refractivity contribution in [2.75, 3.05) is 0 Å². The smallest absolute Gasteiger partial charge is 0.238 e. The molecule has 0 radical (unpaired) electrons. The van der Waals surface area contributed by atoms with Gasteiger partial charge in [-0.15, -0.1) is 0 Å². The largest absolute Gasteiger partial charge is 0.349 e. The van der Waals surface area contributed by atoms with Crippen molar-refractivity contribution in [2.45, 2.75) is 38.6 Å². The number of nitrogens with one attached hydrogen (secondary N) is 1. The Morgan fingerprint density at radius 3 is 2.05 bits per heavy atom. The van der Waals surface area contributed by atoms with E-state index in [2.05, 4.69) is 5.32 Å². The highest BCUT2D eigenvalue weighted by atomic mass is 32.2. The molecule has 1 amide bonds. The summed E-state index contributed by atoms with van der Waals surface area (Å²) in [5.41, 5.74) is 0.361. The van der Waals surface area contributed by atoms with Crippen molar-refractivity contribution in [1.82, 2.24) is 5.32 Å². The number of benzene rings is 1. The Bertz CT molecular complexity index is 557. The summed E-state index contributed by atoms with van der Waals surface area (Å²) >= 11 is 0. The van der Waals surface area contributed by atoms with E-state index in [4.69, 9.17) is 5.14 Å². The minimum atomic E-state index is -3.68. The quantitative estimate of drug-likeness (QED) is 0.882. The highest BCUT2D eigenvalue weighted by Crippen LogP contribution is 2.19. The van der Waals surface area contributed by atoms with Crippen LogP contribution in [-0.4, -0.2) is 14.3 Å². The molecule has 0 saturated carbocycles. The van der Waals surface area contributed by atoms with Crippen LogP contribution in [0.1, 0.15) is 39.3 Å². The van der Waals surface area contributed by atoms with Crippen LogP contribution in [0.4, 0.5) is 0 Å². The van der Waals surface area contributed by atoms with Gasteiger partial charge in [0.2, 0.25) is 15.9 Å². The molecule has 0 heterocycles. The molecule has 1 rings (SSSR count). The summed E-state index contributed by atoms with van der Waals surface area (Å²) in [6, 6.07) is 5.97. The van der Waals surface area contributed by atoms with Gasteiger partial charge in [-0.3, -0.25) is 4.79 Å². The third-order valence-electron chi connectivity index (χ3n) is 2.74. The fraction of sp³-hybridized carbons (Fsp3) is 0.462. The Labute approximate surface area is 114 Å². The first-order valence-corrected chi connectivity index (χ1v) is 7.50. The summed E-state index contributed by atoms with van der Waals surface area (Å²) in [6.07, 6.45) is 0. The van der Waals surface area contributed by atoms with Crippen molar-refractivity contribution in [2.24, 2.45) is 10.6 Å². The van der Waals surface area contributed by atoms with E-state index in [1.165, 1.54) is 12.1 Å². The van der Waals surface area contributed by atoms with Crippen LogP contribution < -0.4 is 10.5 Å². The van der Waals surface area contributed by atoms with Crippen LogP contribution >= 0.6 is 0 Å². The van der Waals surface area contributed by atoms with E-state index < -0.39 is 15.4 Å². The van der Waals surface area contributed by atoms with Gasteiger partial charge < -0.3 is 5.32 Å². The van der Waals surface area contributed by atoms with E-state index in [1.807, 2.05) is 27.7 Å². The van der Waals surface area contributed by atoms with Crippen molar-refractivity contribution in [1.29, 1.82) is 0 Å². The van der Waals surface area contributed by atoms with E-state index in [1.54, 1.807) is 12.1 Å². The molecule has 0 fully saturated rings. The maximum Gasteiger partial charge on any atom is 0.238 e. The fourth-order valence-electron chi connectivity index (χ4n) is 1.44. The molecule has 0 spiro atoms. The Hall–Kier alpha value is -1.40. The van der Waals surface area contributed by atoms with Crippen LogP contribution in [0, 0.1) is 5.41 Å². The number of amides is 1. The maximum absolute atomic E-state index is 11.8. The van der Waals surface area contributed by atoms with Gasteiger partial charge in [0.15, 0.2) is 0 Å². The lowest BCUT2D eigenvalue weighted by atomic mass is 9.95. The van der Waals surface area contributed by atoms with Gasteiger partial charge in [-0.2, -0.15) is 0 Å². The highest BCUT2D eigenvalue weighted by molar-refractivity contribution is 7.89. The lowest BCUT2D eigenvalue weighted by Crippen LogP contribution is -2.36. The topological polar surface area (TPSA) is 89.3 Å². The SMILES string of the molecule is CC(NC(=O)C(C)(C)C)c1ccc(S(N)(=O)=O)cc1. The monoisotopic (exact) mass is 284 g/mol. The Morgan fingerprint density at radius 2 is 1.68 bits per heavy atom. The van der Waals surface area contributed by atoms with Gasteiger partial charge in [0.1, 0.15) is 0 Å². The first-order valence-electron chi connectivity index (χ1n) is 5.95. The molecule has 0 saturated heterocycles. The molecule has 0 aliphatic heterocycles. The van der Waals surface area contributed by atoms with E-state index >= 15 is 0 Å². The Balaban J connectivity index is 2.85. The Morgan fingerprint density at radius 1 is 1.21 bits per heavy atom. The summed E-state index contributed by atoms with van der Waals surface area (Å²) in [5, 5.41) is 7.90. The average molecular weight is 284 g/mol. The molecule has 1 aromatic carbocycles. The number of hydrogen-bond donors (Lipinski definition) is 2. The van der Waals surface area contributed by atoms with Crippen LogP contribution in [-0.2, 0) is 14.8 Å². The van der Waals surface area contributed by atoms with Crippen molar-refractivity contribution >= 4 is 15.9 Å². The van der Waals surface area contributed by atoms with Gasteiger partial charge in [0.25, 0.3) is 0 Å². The second-order valence-electron chi connectivity index (χ2n) is 5.56. The van der Waals surface area contributed by atoms with Gasteiger partial charge in [-0.05, 0) is 24.6 Å². The second kappa shape index (κ2) is 5.30. The van der Waals surface area contributed by atoms with Gasteiger partial charge in [0, 0.05) is 5.41 Å². The van der Waals surface area contributed by atoms with Crippen LogP contribution in [0.3, 0.4) is 0 Å². The van der Waals surface area contributed by atoms with Gasteiger partial charge in [-0.1, -0.05) is 32.9 Å². The standard InChI is InChI=1S/C13H20N2O3S/c1-9(15-12(16)13(2,3)4)10-5-7-11(8-6-10)19(14,17)18/h5-9H,1-4H3,(H,15,16)(H2,14,17,18). The molecule has 5 nitrogen and oxygen atoms in total. The number of carbonyl (C=O) groups excluding carboxylic acids is 1. The summed E-state index contributed by atoms with van der Waals surface area (Å²) < 4.78 is 22.3. The third-order valence-corrected chi connectivity index (χ3v) is 3.67. The number of rotatable bonds is 3. The summed E-state index contributed by atoms with van der Waals surface area (Å²) in [6.45, 7) is 7.34. The average Bonchev–Trinajstić information content (AvgIpc) is 2.26. The van der Waals surface area contributed by atoms with E-state index in [0.29, 0.717) is 0 Å². The minimum Gasteiger partial charge on any atom is -0.349 e. The van der Waals surface area contributed by atoms with Crippen molar-refractivity contribution in [3.63, 3.8) is 0 Å². The van der Waals surface area contributed by atoms with Crippen molar-refractivity contribution in [3.8, 4) is 0 Å². The maximum atomic E-state index is 11.8. The number of hydrogen-bond acceptors (Lipinski definition) is 3. The highest BCUT2D eigenvalue weighted by Gasteiger charge is 2.23. The molecular formula is C13H20N2O3S. The predicted octanol–water partition coefficient (Wildman–Crippen LogP) is 1.56. The molecule has 0 aliphatic rings. The zero-order valence-corrected chi connectivity index (χ0v) is 12.4. The molecule has 106 valence electrons. The summed E-state index contributed by atoms with van der Waals surface area (Å²) in [4.78, 5) is 11.9. The molecule has 6 heteroatoms. The number of carbonyl (C=O) groups is 1. The van der Waals surface area contributed by atoms with Crippen molar-refractivity contribution in [3.05, 3.63) is 29.8 Å². The summed E-state index contributed by atoms with van der Waals surface area (Å²) in [5.74, 6) is -0.0597. The molecule has 1 atom stereocenters. The zero-order chi connectivity index (χ0) is 14.8. The first kappa shape index (κ1) is 15.7. The zero-order valence-electron chi connectivity index (χ0n) is 11.6. The molecule has 19 heavy (non-hydrogen) atoms. The van der Waals surface area contributed by atoms with Crippen LogP contribution in [0.2, 0.25) is 0 Å². The Kier molecular flexibility index (Phi) is 4.37. The molecule has 0 bridgehead atoms. The molecule has 1 unspecified atom stereocenters. The third kappa shape index (κ3) is 4.33. The molecule has 0 aliphatic carbocycles. The van der Waals surface area contributed by atoms with E-state index in [9.17, 15) is 13.2 Å². The lowest BCUT2D eigenvalue weighted by Gasteiger charge is -2.22. The first-order chi connectivity index (χ1) is 8.51. The van der Waals surface area contributed by atoms with Crippen LogP contribution in [0.25, 0.3) is 0 Å². The van der Waals surface area contributed by atoms with E-state index in [0.717, 1.165) is 5.56 Å². The normalized spacial score (nSPS) is 13.9. The second-order valence-corrected chi connectivity index (χ2v) is 7.12. The molecule has 1 aromatic rings. The number of primary sulfonamides is 1. The minimum absolute atomic E-state index is 0.0597. The van der Waals surface area contributed by atoms with Gasteiger partial charge in [0.05, 0.1) is 10.9 Å². The van der Waals surface area contributed by atoms with Crippen LogP contribution in [0.15, 0.2) is 29.2 Å². The van der Waals surface area contributed by atoms with Crippen molar-refractivity contribution < 1.29 is 13.2 Å². The molecule has 3 N–H and O–H groups in total. The number of sulfonamides is 1. The summed E-state index contributed by atoms with van der Waals surface area (Å²) in [7, 11) is -3.68.